The third-order valence-corrected chi connectivity index (χ3v) is 12.2. The highest BCUT2D eigenvalue weighted by molar-refractivity contribution is 7.45. The van der Waals surface area contributed by atoms with Gasteiger partial charge in [0, 0.05) is 13.0 Å². The topological polar surface area (TPSA) is 94.1 Å². The molecule has 2 unspecified atom stereocenters. The van der Waals surface area contributed by atoms with E-state index in [2.05, 4.69) is 98.9 Å². The van der Waals surface area contributed by atoms with Crippen molar-refractivity contribution in [3.05, 3.63) is 85.1 Å². The quantitative estimate of drug-likeness (QED) is 0.0197. The summed E-state index contributed by atoms with van der Waals surface area (Å²) in [5, 5.41) is 0. The predicted molar refractivity (Wildman–Crippen MR) is 282 cm³/mol. The summed E-state index contributed by atoms with van der Waals surface area (Å²) in [5.74, 6) is -0.365. The van der Waals surface area contributed by atoms with Gasteiger partial charge >= 0.3 is 5.97 Å². The number of carbonyl (C=O) groups excluding carboxylic acids is 1. The number of rotatable bonds is 49. The number of carbonyl (C=O) groups is 1. The van der Waals surface area contributed by atoms with E-state index in [4.69, 9.17) is 18.5 Å². The van der Waals surface area contributed by atoms with Crippen molar-refractivity contribution in [2.45, 2.75) is 219 Å². The van der Waals surface area contributed by atoms with Gasteiger partial charge in [0.05, 0.1) is 34.4 Å². The number of hydrogen-bond acceptors (Lipinski definition) is 7. The maximum atomic E-state index is 12.8. The summed E-state index contributed by atoms with van der Waals surface area (Å²) in [7, 11) is 1.33. The number of allylic oxidation sites excluding steroid dienone is 14. The van der Waals surface area contributed by atoms with Gasteiger partial charge in [0.1, 0.15) is 19.3 Å². The molecule has 0 aromatic rings. The largest absolute Gasteiger partial charge is 0.756 e. The molecule has 2 atom stereocenters. The van der Waals surface area contributed by atoms with Crippen LogP contribution in [0.15, 0.2) is 85.1 Å². The molecule has 0 aliphatic carbocycles. The highest BCUT2D eigenvalue weighted by Gasteiger charge is 2.20. The van der Waals surface area contributed by atoms with E-state index in [1.807, 2.05) is 21.1 Å². The standard InChI is InChI=1S/C57H102NO7P/c1-6-8-10-12-14-16-18-20-22-24-26-27-28-29-30-31-32-34-36-38-40-42-44-46-48-50-57(59)65-56(55-64-66(60,61)63-53-51-58(3,4)5)54-62-52-49-47-45-43-41-39-37-35-33-25-23-21-19-17-15-13-11-9-7-2/h8,10,14,16,20,22,26-27,29-30,32,34,38,40,56H,6-7,9,11-13,15,17-19,21,23-25,28,31,33,35-37,39,41-55H2,1-5H3/b10-8-,16-14-,22-20-,27-26-,30-29-,34-32-,40-38-. The molecule has 0 saturated heterocycles. The van der Waals surface area contributed by atoms with Gasteiger partial charge in [0.2, 0.25) is 0 Å². The van der Waals surface area contributed by atoms with Gasteiger partial charge in [-0.1, -0.05) is 221 Å². The van der Waals surface area contributed by atoms with E-state index in [0.29, 0.717) is 24.1 Å². The highest BCUT2D eigenvalue weighted by atomic mass is 31.2. The second-order valence-electron chi connectivity index (χ2n) is 18.9. The lowest BCUT2D eigenvalue weighted by Crippen LogP contribution is -2.37. The van der Waals surface area contributed by atoms with Crippen molar-refractivity contribution >= 4 is 13.8 Å². The Bertz CT molecular complexity index is 1330. The first-order chi connectivity index (χ1) is 32.1. The van der Waals surface area contributed by atoms with Gasteiger partial charge in [-0.3, -0.25) is 9.36 Å². The molecule has 0 aliphatic heterocycles. The fraction of sp³-hybridized carbons (Fsp3) is 0.737. The van der Waals surface area contributed by atoms with E-state index >= 15 is 0 Å². The van der Waals surface area contributed by atoms with Crippen LogP contribution in [-0.2, 0) is 27.9 Å². The van der Waals surface area contributed by atoms with E-state index < -0.39 is 13.9 Å². The smallest absolute Gasteiger partial charge is 0.306 e. The minimum Gasteiger partial charge on any atom is -0.756 e. The van der Waals surface area contributed by atoms with E-state index in [1.54, 1.807) is 0 Å². The summed E-state index contributed by atoms with van der Waals surface area (Å²) in [6.07, 6.45) is 66.1. The van der Waals surface area contributed by atoms with Crippen molar-refractivity contribution in [2.24, 2.45) is 0 Å². The van der Waals surface area contributed by atoms with Crippen LogP contribution >= 0.6 is 7.82 Å². The summed E-state index contributed by atoms with van der Waals surface area (Å²) in [6, 6.07) is 0. The Labute approximate surface area is 407 Å². The Morgan fingerprint density at radius 2 is 0.879 bits per heavy atom. The van der Waals surface area contributed by atoms with E-state index in [0.717, 1.165) is 77.0 Å². The SMILES string of the molecule is CC/C=C\C/C=C\C/C=C\C/C=C\C/C=C\C/C=C\C/C=C\CCCCCC(=O)OC(COCCCCCCCCCCCCCCCCCCCCC)COP(=O)([O-])OCC[N+](C)(C)C. The molecular formula is C57H102NO7P. The number of quaternary nitrogens is 1. The summed E-state index contributed by atoms with van der Waals surface area (Å²) in [5.41, 5.74) is 0. The van der Waals surface area contributed by atoms with Crippen LogP contribution in [0, 0.1) is 0 Å². The number of likely N-dealkylation sites (N-methyl/N-ethyl adjacent to an activating group) is 1. The molecule has 0 aromatic heterocycles. The third kappa shape index (κ3) is 52.6. The minimum atomic E-state index is -4.55. The van der Waals surface area contributed by atoms with Crippen molar-refractivity contribution in [1.29, 1.82) is 0 Å². The molecule has 66 heavy (non-hydrogen) atoms. The van der Waals surface area contributed by atoms with Crippen LogP contribution in [0.5, 0.6) is 0 Å². The van der Waals surface area contributed by atoms with E-state index in [1.165, 1.54) is 109 Å². The molecule has 9 heteroatoms. The lowest BCUT2D eigenvalue weighted by molar-refractivity contribution is -0.870. The first-order valence-corrected chi connectivity index (χ1v) is 28.3. The number of hydrogen-bond donors (Lipinski definition) is 0. The van der Waals surface area contributed by atoms with Gasteiger partial charge in [-0.2, -0.15) is 0 Å². The summed E-state index contributed by atoms with van der Waals surface area (Å²) in [4.78, 5) is 25.2. The summed E-state index contributed by atoms with van der Waals surface area (Å²) < 4.78 is 34.7. The summed E-state index contributed by atoms with van der Waals surface area (Å²) in [6.45, 7) is 5.27. The average molecular weight is 944 g/mol. The van der Waals surface area contributed by atoms with Gasteiger partial charge in [-0.15, -0.1) is 0 Å². The molecule has 0 aromatic carbocycles. The molecule has 0 saturated carbocycles. The monoisotopic (exact) mass is 944 g/mol. The predicted octanol–water partition coefficient (Wildman–Crippen LogP) is 16.1. The molecule has 0 bridgehead atoms. The molecule has 0 aliphatic rings. The molecule has 0 radical (unpaired) electrons. The van der Waals surface area contributed by atoms with E-state index in [-0.39, 0.29) is 32.2 Å². The van der Waals surface area contributed by atoms with Crippen molar-refractivity contribution < 1.29 is 37.3 Å². The maximum absolute atomic E-state index is 12.8. The molecule has 8 nitrogen and oxygen atoms in total. The van der Waals surface area contributed by atoms with Crippen molar-refractivity contribution in [3.8, 4) is 0 Å². The van der Waals surface area contributed by atoms with Gasteiger partial charge < -0.3 is 27.9 Å². The zero-order valence-corrected chi connectivity index (χ0v) is 44.3. The summed E-state index contributed by atoms with van der Waals surface area (Å²) >= 11 is 0. The van der Waals surface area contributed by atoms with Gasteiger partial charge in [0.15, 0.2) is 0 Å². The van der Waals surface area contributed by atoms with Crippen molar-refractivity contribution in [1.82, 2.24) is 0 Å². The van der Waals surface area contributed by atoms with Crippen molar-refractivity contribution in [2.75, 3.05) is 54.1 Å². The van der Waals surface area contributed by atoms with Crippen LogP contribution < -0.4 is 4.89 Å². The molecule has 382 valence electrons. The van der Waals surface area contributed by atoms with Crippen LogP contribution in [0.4, 0.5) is 0 Å². The Hall–Kier alpha value is -2.32. The molecule has 0 N–H and O–H groups in total. The number of nitrogens with zero attached hydrogens (tertiary/aromatic N) is 1. The fourth-order valence-electron chi connectivity index (χ4n) is 7.12. The molecule has 0 spiro atoms. The zero-order chi connectivity index (χ0) is 48.3. The number of phosphoric ester groups is 1. The Morgan fingerprint density at radius 1 is 0.485 bits per heavy atom. The average Bonchev–Trinajstić information content (AvgIpc) is 3.28. The molecule has 0 fully saturated rings. The Kier molecular flexibility index (Phi) is 47.4. The third-order valence-electron chi connectivity index (χ3n) is 11.2. The molecule has 0 rings (SSSR count). The van der Waals surface area contributed by atoms with Crippen molar-refractivity contribution in [3.63, 3.8) is 0 Å². The number of phosphoric acid groups is 1. The fourth-order valence-corrected chi connectivity index (χ4v) is 7.84. The van der Waals surface area contributed by atoms with Crippen LogP contribution in [0.25, 0.3) is 0 Å². The molecule has 0 heterocycles. The Morgan fingerprint density at radius 3 is 1.30 bits per heavy atom. The van der Waals surface area contributed by atoms with Gasteiger partial charge in [-0.05, 0) is 70.6 Å². The van der Waals surface area contributed by atoms with E-state index in [9.17, 15) is 14.3 Å². The second kappa shape index (κ2) is 49.1. The molecular weight excluding hydrogens is 842 g/mol. The van der Waals surface area contributed by atoms with Crippen LogP contribution in [-0.4, -0.2) is 70.7 Å². The van der Waals surface area contributed by atoms with Gasteiger partial charge in [0.25, 0.3) is 7.82 Å². The number of esters is 1. The minimum absolute atomic E-state index is 0.0162. The van der Waals surface area contributed by atoms with Crippen LogP contribution in [0.1, 0.15) is 213 Å². The van der Waals surface area contributed by atoms with Crippen LogP contribution in [0.2, 0.25) is 0 Å². The first kappa shape index (κ1) is 63.7. The number of unbranched alkanes of at least 4 members (excludes halogenated alkanes) is 21. The second-order valence-corrected chi connectivity index (χ2v) is 20.3. The highest BCUT2D eigenvalue weighted by Crippen LogP contribution is 2.38. The molecule has 0 amide bonds. The van der Waals surface area contributed by atoms with Crippen LogP contribution in [0.3, 0.4) is 0 Å². The Balaban J connectivity index is 4.22. The number of ether oxygens (including phenoxy) is 2. The van der Waals surface area contributed by atoms with Gasteiger partial charge in [-0.25, -0.2) is 0 Å². The normalized spacial score (nSPS) is 14.2. The zero-order valence-electron chi connectivity index (χ0n) is 43.4. The lowest BCUT2D eigenvalue weighted by atomic mass is 10.0. The lowest BCUT2D eigenvalue weighted by Gasteiger charge is -2.28. The maximum Gasteiger partial charge on any atom is 0.306 e. The first-order valence-electron chi connectivity index (χ1n) is 26.8.